The molecular weight excluding hydrogens is 264 g/mol. The fourth-order valence-corrected chi connectivity index (χ4v) is 2.03. The fourth-order valence-electron chi connectivity index (χ4n) is 1.40. The van der Waals surface area contributed by atoms with Crippen molar-refractivity contribution < 1.29 is 9.47 Å². The Morgan fingerprint density at radius 2 is 1.84 bits per heavy atom. The highest BCUT2D eigenvalue weighted by atomic mass is 32.2. The van der Waals surface area contributed by atoms with Crippen molar-refractivity contribution in [3.05, 3.63) is 30.6 Å². The van der Waals surface area contributed by atoms with E-state index in [9.17, 15) is 0 Å². The van der Waals surface area contributed by atoms with E-state index < -0.39 is 0 Å². The Labute approximate surface area is 115 Å². The monoisotopic (exact) mass is 278 g/mol. The number of benzene rings is 1. The molecule has 0 aliphatic carbocycles. The molecule has 0 amide bonds. The molecule has 0 unspecified atom stereocenters. The number of nitrogens with zero attached hydrogens (tertiary/aromatic N) is 2. The van der Waals surface area contributed by atoms with E-state index in [1.165, 1.54) is 25.4 Å². The first-order valence-electron chi connectivity index (χ1n) is 5.46. The molecule has 0 aliphatic rings. The number of rotatable bonds is 5. The van der Waals surface area contributed by atoms with Crippen molar-refractivity contribution in [1.82, 2.24) is 9.97 Å². The van der Waals surface area contributed by atoms with Gasteiger partial charge in [-0.2, -0.15) is 4.98 Å². The van der Waals surface area contributed by atoms with Crippen LogP contribution in [0.1, 0.15) is 0 Å². The number of hydrogen-bond donors (Lipinski definition) is 2. The van der Waals surface area contributed by atoms with Crippen LogP contribution in [-0.4, -0.2) is 24.2 Å². The lowest BCUT2D eigenvalue weighted by molar-refractivity contribution is 0.342. The second kappa shape index (κ2) is 6.14. The number of hydrogen-bond acceptors (Lipinski definition) is 7. The normalized spacial score (nSPS) is 10.0. The van der Waals surface area contributed by atoms with Gasteiger partial charge in [-0.05, 0) is 36.2 Å². The first-order chi connectivity index (χ1) is 9.24. The molecule has 2 rings (SSSR count). The third kappa shape index (κ3) is 3.19. The standard InChI is InChI=1S/C12H14N4O2S/c1-17-10-11(14-7-15-12(10)18-2)16-19-9-5-3-8(13)4-6-9/h3-7H,13H2,1-2H3,(H,14,15,16). The van der Waals surface area contributed by atoms with E-state index in [1.807, 2.05) is 24.3 Å². The summed E-state index contributed by atoms with van der Waals surface area (Å²) in [6.07, 6.45) is 1.41. The van der Waals surface area contributed by atoms with Gasteiger partial charge in [-0.1, -0.05) is 0 Å². The molecule has 0 spiro atoms. The van der Waals surface area contributed by atoms with Crippen molar-refractivity contribution in [2.45, 2.75) is 4.90 Å². The van der Waals surface area contributed by atoms with Gasteiger partial charge in [0, 0.05) is 10.6 Å². The maximum Gasteiger partial charge on any atom is 0.262 e. The first kappa shape index (κ1) is 13.3. The lowest BCUT2D eigenvalue weighted by Crippen LogP contribution is -2.00. The fraction of sp³-hybridized carbons (Fsp3) is 0.167. The molecule has 1 heterocycles. The summed E-state index contributed by atoms with van der Waals surface area (Å²) < 4.78 is 13.4. The zero-order chi connectivity index (χ0) is 13.7. The summed E-state index contributed by atoms with van der Waals surface area (Å²) in [5, 5.41) is 0. The SMILES string of the molecule is COc1ncnc(NSc2ccc(N)cc2)c1OC. The summed E-state index contributed by atoms with van der Waals surface area (Å²) in [6, 6.07) is 7.50. The van der Waals surface area contributed by atoms with Gasteiger partial charge in [0.2, 0.25) is 5.75 Å². The molecule has 0 aliphatic heterocycles. The minimum absolute atomic E-state index is 0.387. The minimum Gasteiger partial charge on any atom is -0.489 e. The molecule has 19 heavy (non-hydrogen) atoms. The van der Waals surface area contributed by atoms with Crippen molar-refractivity contribution in [3.63, 3.8) is 0 Å². The summed E-state index contributed by atoms with van der Waals surface area (Å²) in [5.74, 6) is 1.40. The zero-order valence-corrected chi connectivity index (χ0v) is 11.4. The molecule has 1 aromatic heterocycles. The maximum absolute atomic E-state index is 5.63. The van der Waals surface area contributed by atoms with Crippen molar-refractivity contribution in [1.29, 1.82) is 0 Å². The van der Waals surface area contributed by atoms with Gasteiger partial charge in [-0.3, -0.25) is 0 Å². The number of methoxy groups -OCH3 is 2. The minimum atomic E-state index is 0.387. The van der Waals surface area contributed by atoms with E-state index in [2.05, 4.69) is 14.7 Å². The molecule has 3 N–H and O–H groups in total. The van der Waals surface area contributed by atoms with E-state index in [-0.39, 0.29) is 0 Å². The molecule has 0 saturated heterocycles. The van der Waals surface area contributed by atoms with Gasteiger partial charge in [-0.15, -0.1) is 0 Å². The molecule has 100 valence electrons. The molecule has 0 radical (unpaired) electrons. The van der Waals surface area contributed by atoms with Crippen LogP contribution in [0.15, 0.2) is 35.5 Å². The van der Waals surface area contributed by atoms with Crippen LogP contribution in [0.4, 0.5) is 11.5 Å². The topological polar surface area (TPSA) is 82.3 Å². The van der Waals surface area contributed by atoms with Gasteiger partial charge in [-0.25, -0.2) is 4.98 Å². The molecule has 0 saturated carbocycles. The number of aromatic nitrogens is 2. The van der Waals surface area contributed by atoms with Crippen LogP contribution >= 0.6 is 11.9 Å². The van der Waals surface area contributed by atoms with Gasteiger partial charge in [0.25, 0.3) is 5.88 Å². The molecule has 0 bridgehead atoms. The third-order valence-electron chi connectivity index (χ3n) is 2.31. The summed E-state index contributed by atoms with van der Waals surface area (Å²) >= 11 is 1.40. The van der Waals surface area contributed by atoms with Crippen LogP contribution in [0.3, 0.4) is 0 Å². The van der Waals surface area contributed by atoms with E-state index >= 15 is 0 Å². The second-order valence-electron chi connectivity index (χ2n) is 3.54. The molecule has 6 nitrogen and oxygen atoms in total. The van der Waals surface area contributed by atoms with Crippen LogP contribution in [0.25, 0.3) is 0 Å². The molecule has 0 fully saturated rings. The highest BCUT2D eigenvalue weighted by molar-refractivity contribution is 8.00. The number of nitrogen functional groups attached to an aromatic ring is 1. The number of ether oxygens (including phenoxy) is 2. The summed E-state index contributed by atoms with van der Waals surface area (Å²) in [4.78, 5) is 9.10. The zero-order valence-electron chi connectivity index (χ0n) is 10.6. The van der Waals surface area contributed by atoms with Gasteiger partial charge in [0.15, 0.2) is 5.82 Å². The van der Waals surface area contributed by atoms with E-state index in [0.717, 1.165) is 10.6 Å². The molecule has 7 heteroatoms. The molecule has 1 aromatic carbocycles. The van der Waals surface area contributed by atoms with Gasteiger partial charge in [0.05, 0.1) is 14.2 Å². The molecular formula is C12H14N4O2S. The van der Waals surface area contributed by atoms with Crippen LogP contribution in [0.5, 0.6) is 11.6 Å². The smallest absolute Gasteiger partial charge is 0.262 e. The highest BCUT2D eigenvalue weighted by Gasteiger charge is 2.12. The Kier molecular flexibility index (Phi) is 4.30. The van der Waals surface area contributed by atoms with Crippen molar-refractivity contribution in [3.8, 4) is 11.6 Å². The Bertz CT molecular complexity index is 548. The summed E-state index contributed by atoms with van der Waals surface area (Å²) in [5.41, 5.74) is 6.36. The number of nitrogens with two attached hydrogens (primary N) is 1. The average molecular weight is 278 g/mol. The Hall–Kier alpha value is -2.15. The van der Waals surface area contributed by atoms with Crippen molar-refractivity contribution in [2.75, 3.05) is 24.7 Å². The number of nitrogens with one attached hydrogen (secondary N) is 1. The third-order valence-corrected chi connectivity index (χ3v) is 3.12. The largest absolute Gasteiger partial charge is 0.489 e. The number of anilines is 2. The van der Waals surface area contributed by atoms with Gasteiger partial charge < -0.3 is 19.9 Å². The molecule has 0 atom stereocenters. The second-order valence-corrected chi connectivity index (χ2v) is 4.42. The quantitative estimate of drug-likeness (QED) is 0.640. The van der Waals surface area contributed by atoms with Crippen LogP contribution < -0.4 is 19.9 Å². The summed E-state index contributed by atoms with van der Waals surface area (Å²) in [7, 11) is 3.07. The lowest BCUT2D eigenvalue weighted by Gasteiger charge is -2.11. The molecule has 2 aromatic rings. The Morgan fingerprint density at radius 1 is 1.11 bits per heavy atom. The van der Waals surface area contributed by atoms with Crippen LogP contribution in [0.2, 0.25) is 0 Å². The van der Waals surface area contributed by atoms with Gasteiger partial charge >= 0.3 is 0 Å². The van der Waals surface area contributed by atoms with E-state index in [4.69, 9.17) is 15.2 Å². The highest BCUT2D eigenvalue weighted by Crippen LogP contribution is 2.33. The van der Waals surface area contributed by atoms with Gasteiger partial charge in [0.1, 0.15) is 6.33 Å². The Balaban J connectivity index is 2.13. The van der Waals surface area contributed by atoms with E-state index in [0.29, 0.717) is 17.4 Å². The average Bonchev–Trinajstić information content (AvgIpc) is 2.46. The van der Waals surface area contributed by atoms with Crippen LogP contribution in [-0.2, 0) is 0 Å². The predicted molar refractivity (Wildman–Crippen MR) is 75.5 cm³/mol. The van der Waals surface area contributed by atoms with Crippen molar-refractivity contribution in [2.24, 2.45) is 0 Å². The van der Waals surface area contributed by atoms with Crippen LogP contribution in [0, 0.1) is 0 Å². The first-order valence-corrected chi connectivity index (χ1v) is 6.27. The Morgan fingerprint density at radius 3 is 2.47 bits per heavy atom. The summed E-state index contributed by atoms with van der Waals surface area (Å²) in [6.45, 7) is 0. The predicted octanol–water partition coefficient (Wildman–Crippen LogP) is 2.20. The maximum atomic E-state index is 5.63. The van der Waals surface area contributed by atoms with Crippen molar-refractivity contribution >= 4 is 23.5 Å². The lowest BCUT2D eigenvalue weighted by atomic mass is 10.3. The van der Waals surface area contributed by atoms with E-state index in [1.54, 1.807) is 7.11 Å².